The van der Waals surface area contributed by atoms with E-state index in [4.69, 9.17) is 10.2 Å². The zero-order valence-electron chi connectivity index (χ0n) is 14.1. The standard InChI is InChI=1S/C16H25NO6S2/c18-13(6-8-16(22)23)12(5-7-15(20)21)17-14(19)4-2-1-3-11-9-10-24-25-11/h11-12H,1-10H2,(H,17,19)(H,20,21)(H,22,23). The predicted octanol–water partition coefficient (Wildman–Crippen LogP) is 2.48. The van der Waals surface area contributed by atoms with Crippen LogP contribution >= 0.6 is 21.6 Å². The SMILES string of the molecule is O=C(O)CCC(=O)C(CCC(=O)O)NC(=O)CCCCC1CCSS1. The second kappa shape index (κ2) is 12.2. The Balaban J connectivity index is 2.34. The molecule has 1 amide bonds. The van der Waals surface area contributed by atoms with Crippen molar-refractivity contribution >= 4 is 45.2 Å². The number of nitrogens with one attached hydrogen (secondary N) is 1. The van der Waals surface area contributed by atoms with E-state index in [1.807, 2.05) is 21.6 Å². The number of carbonyl (C=O) groups excluding carboxylic acids is 2. The molecule has 0 bridgehead atoms. The van der Waals surface area contributed by atoms with Gasteiger partial charge in [-0.3, -0.25) is 19.2 Å². The van der Waals surface area contributed by atoms with Gasteiger partial charge in [-0.25, -0.2) is 0 Å². The van der Waals surface area contributed by atoms with E-state index in [9.17, 15) is 19.2 Å². The second-order valence-electron chi connectivity index (χ2n) is 5.99. The van der Waals surface area contributed by atoms with Crippen LogP contribution < -0.4 is 5.32 Å². The first-order valence-corrected chi connectivity index (χ1v) is 10.8. The molecule has 1 saturated heterocycles. The van der Waals surface area contributed by atoms with Gasteiger partial charge in [0.05, 0.1) is 12.5 Å². The molecule has 0 spiro atoms. The van der Waals surface area contributed by atoms with Gasteiger partial charge in [-0.05, 0) is 25.7 Å². The van der Waals surface area contributed by atoms with E-state index in [2.05, 4.69) is 5.32 Å². The summed E-state index contributed by atoms with van der Waals surface area (Å²) >= 11 is 0. The van der Waals surface area contributed by atoms with Gasteiger partial charge in [-0.1, -0.05) is 28.0 Å². The Morgan fingerprint density at radius 1 is 1.00 bits per heavy atom. The molecule has 1 aliphatic heterocycles. The summed E-state index contributed by atoms with van der Waals surface area (Å²) in [6.07, 6.45) is 3.44. The van der Waals surface area contributed by atoms with Crippen molar-refractivity contribution in [1.29, 1.82) is 0 Å². The lowest BCUT2D eigenvalue weighted by atomic mass is 10.0. The maximum absolute atomic E-state index is 12.0. The minimum atomic E-state index is -1.10. The molecule has 0 saturated carbocycles. The van der Waals surface area contributed by atoms with Crippen molar-refractivity contribution in [3.05, 3.63) is 0 Å². The molecule has 2 unspecified atom stereocenters. The summed E-state index contributed by atoms with van der Waals surface area (Å²) in [5, 5.41) is 20.6. The smallest absolute Gasteiger partial charge is 0.303 e. The molecule has 9 heteroatoms. The number of ketones is 1. The van der Waals surface area contributed by atoms with Crippen LogP contribution in [0.2, 0.25) is 0 Å². The summed E-state index contributed by atoms with van der Waals surface area (Å²) in [5.74, 6) is -1.69. The third kappa shape index (κ3) is 10.4. The highest BCUT2D eigenvalue weighted by molar-refractivity contribution is 8.77. The van der Waals surface area contributed by atoms with Crippen molar-refractivity contribution < 1.29 is 29.4 Å². The number of carbonyl (C=O) groups is 4. The van der Waals surface area contributed by atoms with Crippen LogP contribution in [0.5, 0.6) is 0 Å². The Kier molecular flexibility index (Phi) is 10.6. The highest BCUT2D eigenvalue weighted by Crippen LogP contribution is 2.39. The van der Waals surface area contributed by atoms with Crippen LogP contribution in [-0.2, 0) is 19.2 Å². The van der Waals surface area contributed by atoms with Crippen molar-refractivity contribution in [1.82, 2.24) is 5.32 Å². The lowest BCUT2D eigenvalue weighted by molar-refractivity contribution is -0.140. The van der Waals surface area contributed by atoms with Crippen LogP contribution in [-0.4, -0.2) is 50.9 Å². The van der Waals surface area contributed by atoms with Crippen molar-refractivity contribution in [3.63, 3.8) is 0 Å². The molecule has 2 atom stereocenters. The van der Waals surface area contributed by atoms with Crippen LogP contribution in [0.15, 0.2) is 0 Å². The highest BCUT2D eigenvalue weighted by Gasteiger charge is 2.22. The first-order valence-electron chi connectivity index (χ1n) is 8.42. The van der Waals surface area contributed by atoms with E-state index >= 15 is 0 Å². The minimum absolute atomic E-state index is 0.0184. The summed E-state index contributed by atoms with van der Waals surface area (Å²) in [5.41, 5.74) is 0. The number of aliphatic carboxylic acids is 2. The molecule has 0 aromatic heterocycles. The van der Waals surface area contributed by atoms with E-state index in [-0.39, 0.29) is 31.6 Å². The van der Waals surface area contributed by atoms with Crippen molar-refractivity contribution in [3.8, 4) is 0 Å². The number of hydrogen-bond acceptors (Lipinski definition) is 6. The maximum atomic E-state index is 12.0. The largest absolute Gasteiger partial charge is 0.481 e. The van der Waals surface area contributed by atoms with E-state index in [1.165, 1.54) is 12.2 Å². The molecule has 0 aromatic carbocycles. The predicted molar refractivity (Wildman–Crippen MR) is 97.6 cm³/mol. The van der Waals surface area contributed by atoms with Crippen molar-refractivity contribution in [2.45, 2.75) is 69.1 Å². The molecule has 0 radical (unpaired) electrons. The Morgan fingerprint density at radius 3 is 2.32 bits per heavy atom. The molecule has 1 heterocycles. The van der Waals surface area contributed by atoms with Crippen LogP contribution in [0.4, 0.5) is 0 Å². The Hall–Kier alpha value is -1.22. The summed E-state index contributed by atoms with van der Waals surface area (Å²) in [6.45, 7) is 0. The lowest BCUT2D eigenvalue weighted by Crippen LogP contribution is -2.41. The second-order valence-corrected chi connectivity index (χ2v) is 8.77. The van der Waals surface area contributed by atoms with Gasteiger partial charge < -0.3 is 15.5 Å². The number of amides is 1. The van der Waals surface area contributed by atoms with Gasteiger partial charge in [0.15, 0.2) is 5.78 Å². The molecule has 25 heavy (non-hydrogen) atoms. The molecular formula is C16H25NO6S2. The zero-order valence-corrected chi connectivity index (χ0v) is 15.7. The normalized spacial score (nSPS) is 17.8. The van der Waals surface area contributed by atoms with Crippen LogP contribution in [0.3, 0.4) is 0 Å². The van der Waals surface area contributed by atoms with Gasteiger partial charge in [0.25, 0.3) is 0 Å². The lowest BCUT2D eigenvalue weighted by Gasteiger charge is -2.17. The zero-order chi connectivity index (χ0) is 18.7. The van der Waals surface area contributed by atoms with Gasteiger partial charge in [-0.2, -0.15) is 0 Å². The molecule has 1 fully saturated rings. The Morgan fingerprint density at radius 2 is 1.72 bits per heavy atom. The molecule has 142 valence electrons. The van der Waals surface area contributed by atoms with Gasteiger partial charge in [0.1, 0.15) is 0 Å². The molecular weight excluding hydrogens is 366 g/mol. The van der Waals surface area contributed by atoms with Crippen LogP contribution in [0.1, 0.15) is 57.8 Å². The van der Waals surface area contributed by atoms with E-state index < -0.39 is 23.8 Å². The van der Waals surface area contributed by atoms with Crippen LogP contribution in [0, 0.1) is 0 Å². The fourth-order valence-electron chi connectivity index (χ4n) is 2.47. The summed E-state index contributed by atoms with van der Waals surface area (Å²) in [7, 11) is 3.78. The molecule has 0 aromatic rings. The van der Waals surface area contributed by atoms with Gasteiger partial charge in [0.2, 0.25) is 5.91 Å². The molecule has 3 N–H and O–H groups in total. The highest BCUT2D eigenvalue weighted by atomic mass is 33.1. The number of carboxylic acid groups (broad SMARTS) is 2. The average Bonchev–Trinajstić information content (AvgIpc) is 3.06. The molecule has 0 aliphatic carbocycles. The number of unbranched alkanes of at least 4 members (excludes halogenated alkanes) is 1. The number of hydrogen-bond donors (Lipinski definition) is 3. The topological polar surface area (TPSA) is 121 Å². The monoisotopic (exact) mass is 391 g/mol. The third-order valence-corrected chi connectivity index (χ3v) is 6.87. The van der Waals surface area contributed by atoms with Gasteiger partial charge in [-0.15, -0.1) is 0 Å². The van der Waals surface area contributed by atoms with Crippen LogP contribution in [0.25, 0.3) is 0 Å². The maximum Gasteiger partial charge on any atom is 0.303 e. The van der Waals surface area contributed by atoms with E-state index in [1.54, 1.807) is 0 Å². The fraction of sp³-hybridized carbons (Fsp3) is 0.750. The summed E-state index contributed by atoms with van der Waals surface area (Å²) in [4.78, 5) is 45.3. The van der Waals surface area contributed by atoms with Gasteiger partial charge in [0, 0.05) is 30.3 Å². The Labute approximate surface area is 155 Å². The van der Waals surface area contributed by atoms with Crippen molar-refractivity contribution in [2.24, 2.45) is 0 Å². The summed E-state index contributed by atoms with van der Waals surface area (Å²) < 4.78 is 0. The molecule has 1 aliphatic rings. The first kappa shape index (κ1) is 21.8. The van der Waals surface area contributed by atoms with E-state index in [0.717, 1.165) is 19.3 Å². The fourth-order valence-corrected chi connectivity index (χ4v) is 5.50. The summed E-state index contributed by atoms with van der Waals surface area (Å²) in [6, 6.07) is -0.926. The Bertz CT molecular complexity index is 479. The number of Topliss-reactive ketones (excluding diaryl/α,β-unsaturated/α-hetero) is 1. The third-order valence-electron chi connectivity index (χ3n) is 3.86. The van der Waals surface area contributed by atoms with Gasteiger partial charge >= 0.3 is 11.9 Å². The first-order chi connectivity index (χ1) is 11.9. The number of carboxylic acids is 2. The molecule has 7 nitrogen and oxygen atoms in total. The quantitative estimate of drug-likeness (QED) is 0.323. The minimum Gasteiger partial charge on any atom is -0.481 e. The average molecular weight is 392 g/mol. The van der Waals surface area contributed by atoms with Crippen molar-refractivity contribution in [2.75, 3.05) is 5.75 Å². The number of rotatable bonds is 13. The molecule has 1 rings (SSSR count). The van der Waals surface area contributed by atoms with E-state index in [0.29, 0.717) is 11.7 Å².